The number of imidazole rings is 1. The molecule has 2 atom stereocenters. The summed E-state index contributed by atoms with van der Waals surface area (Å²) in [5.41, 5.74) is 0. The van der Waals surface area contributed by atoms with Crippen LogP contribution in [0.4, 0.5) is 0 Å². The number of aromatic nitrogens is 2. The number of carbonyl (C=O) groups is 2. The van der Waals surface area contributed by atoms with Crippen LogP contribution < -0.4 is 5.32 Å². The number of ether oxygens (including phenoxy) is 1. The van der Waals surface area contributed by atoms with E-state index in [1.165, 1.54) is 7.11 Å². The summed E-state index contributed by atoms with van der Waals surface area (Å²) in [4.78, 5) is 28.0. The summed E-state index contributed by atoms with van der Waals surface area (Å²) in [5.74, 6) is -0.392. The van der Waals surface area contributed by atoms with Crippen molar-refractivity contribution in [1.82, 2.24) is 14.9 Å². The van der Waals surface area contributed by atoms with Gasteiger partial charge in [0.25, 0.3) is 0 Å². The summed E-state index contributed by atoms with van der Waals surface area (Å²) in [6, 6.07) is -0.0873. The first-order valence-corrected chi connectivity index (χ1v) is 8.03. The maximum Gasteiger partial charge on any atom is 0.310 e. The third-order valence-electron chi connectivity index (χ3n) is 4.25. The van der Waals surface area contributed by atoms with Gasteiger partial charge >= 0.3 is 5.97 Å². The minimum Gasteiger partial charge on any atom is -0.469 e. The van der Waals surface area contributed by atoms with Crippen molar-refractivity contribution in [3.63, 3.8) is 0 Å². The van der Waals surface area contributed by atoms with Crippen LogP contribution in [0, 0.1) is 5.92 Å². The van der Waals surface area contributed by atoms with Gasteiger partial charge in [0, 0.05) is 31.4 Å². The summed E-state index contributed by atoms with van der Waals surface area (Å²) in [6.45, 7) is 0.776. The van der Waals surface area contributed by atoms with Gasteiger partial charge in [-0.1, -0.05) is 19.3 Å². The molecule has 1 aliphatic carbocycles. The minimum atomic E-state index is -0.204. The van der Waals surface area contributed by atoms with Crippen molar-refractivity contribution in [1.29, 1.82) is 0 Å². The van der Waals surface area contributed by atoms with Crippen molar-refractivity contribution >= 4 is 11.9 Å². The molecule has 0 aliphatic heterocycles. The van der Waals surface area contributed by atoms with E-state index in [-0.39, 0.29) is 23.8 Å². The van der Waals surface area contributed by atoms with Crippen LogP contribution in [0.5, 0.6) is 0 Å². The lowest BCUT2D eigenvalue weighted by molar-refractivity contribution is -0.147. The van der Waals surface area contributed by atoms with Crippen LogP contribution in [0.15, 0.2) is 18.7 Å². The number of hydrogen-bond acceptors (Lipinski definition) is 4. The van der Waals surface area contributed by atoms with Crippen molar-refractivity contribution in [2.75, 3.05) is 7.11 Å². The summed E-state index contributed by atoms with van der Waals surface area (Å²) >= 11 is 0. The Morgan fingerprint density at radius 1 is 1.32 bits per heavy atom. The topological polar surface area (TPSA) is 73.2 Å². The van der Waals surface area contributed by atoms with Gasteiger partial charge in [0.1, 0.15) is 0 Å². The smallest absolute Gasteiger partial charge is 0.310 e. The second-order valence-electron chi connectivity index (χ2n) is 5.85. The van der Waals surface area contributed by atoms with Gasteiger partial charge in [0.2, 0.25) is 5.91 Å². The standard InChI is InChI=1S/C16H25N3O3/c1-22-16(21)13-6-3-2-4-7-14(13)18-15(20)8-5-10-19-11-9-17-12-19/h9,11-14H,2-8,10H2,1H3,(H,18,20)/t13-,14-/m0/s1. The van der Waals surface area contributed by atoms with E-state index in [1.807, 2.05) is 10.8 Å². The second-order valence-corrected chi connectivity index (χ2v) is 5.85. The molecule has 1 aliphatic rings. The molecule has 1 heterocycles. The summed E-state index contributed by atoms with van der Waals surface area (Å²) in [5, 5.41) is 3.04. The van der Waals surface area contributed by atoms with Gasteiger partial charge in [0.15, 0.2) is 0 Å². The Balaban J connectivity index is 1.80. The fraction of sp³-hybridized carbons (Fsp3) is 0.688. The summed E-state index contributed by atoms with van der Waals surface area (Å²) in [7, 11) is 1.41. The zero-order valence-corrected chi connectivity index (χ0v) is 13.2. The number of carbonyl (C=O) groups excluding carboxylic acids is 2. The van der Waals surface area contributed by atoms with Crippen molar-refractivity contribution in [2.24, 2.45) is 5.92 Å². The molecule has 1 aromatic heterocycles. The van der Waals surface area contributed by atoms with Crippen LogP contribution >= 0.6 is 0 Å². The second kappa shape index (κ2) is 8.56. The number of esters is 1. The maximum absolute atomic E-state index is 12.1. The van der Waals surface area contributed by atoms with Crippen LogP contribution in [-0.2, 0) is 20.9 Å². The number of amides is 1. The average molecular weight is 307 g/mol. The van der Waals surface area contributed by atoms with Gasteiger partial charge in [-0.3, -0.25) is 9.59 Å². The van der Waals surface area contributed by atoms with Crippen LogP contribution in [0.2, 0.25) is 0 Å². The molecular formula is C16H25N3O3. The predicted octanol–water partition coefficient (Wildman–Crippen LogP) is 1.90. The molecule has 6 nitrogen and oxygen atoms in total. The van der Waals surface area contributed by atoms with Gasteiger partial charge in [-0.2, -0.15) is 0 Å². The molecule has 0 bridgehead atoms. The zero-order chi connectivity index (χ0) is 15.8. The van der Waals surface area contributed by atoms with Gasteiger partial charge in [-0.25, -0.2) is 4.98 Å². The first-order valence-electron chi connectivity index (χ1n) is 8.03. The molecule has 1 amide bonds. The highest BCUT2D eigenvalue weighted by Gasteiger charge is 2.31. The van der Waals surface area contributed by atoms with E-state index in [9.17, 15) is 9.59 Å². The Kier molecular flexibility index (Phi) is 6.43. The van der Waals surface area contributed by atoms with E-state index in [2.05, 4.69) is 10.3 Å². The fourth-order valence-electron chi connectivity index (χ4n) is 3.03. The van der Waals surface area contributed by atoms with Gasteiger partial charge < -0.3 is 14.6 Å². The van der Waals surface area contributed by atoms with Crippen LogP contribution in [0.3, 0.4) is 0 Å². The van der Waals surface area contributed by atoms with Crippen molar-refractivity contribution < 1.29 is 14.3 Å². The van der Waals surface area contributed by atoms with Crippen LogP contribution in [-0.4, -0.2) is 34.6 Å². The summed E-state index contributed by atoms with van der Waals surface area (Å²) < 4.78 is 6.84. The van der Waals surface area contributed by atoms with E-state index in [4.69, 9.17) is 4.74 Å². The Hall–Kier alpha value is -1.85. The zero-order valence-electron chi connectivity index (χ0n) is 13.2. The molecule has 1 saturated carbocycles. The Morgan fingerprint density at radius 3 is 2.86 bits per heavy atom. The van der Waals surface area contributed by atoms with Crippen LogP contribution in [0.1, 0.15) is 44.9 Å². The molecule has 1 aromatic rings. The van der Waals surface area contributed by atoms with Gasteiger partial charge in [-0.05, 0) is 19.3 Å². The average Bonchev–Trinajstić information content (AvgIpc) is 2.92. The first kappa shape index (κ1) is 16.5. The number of rotatable bonds is 6. The first-order chi connectivity index (χ1) is 10.7. The maximum atomic E-state index is 12.1. The van der Waals surface area contributed by atoms with E-state index in [0.717, 1.165) is 45.1 Å². The fourth-order valence-corrected chi connectivity index (χ4v) is 3.03. The predicted molar refractivity (Wildman–Crippen MR) is 82.0 cm³/mol. The summed E-state index contributed by atoms with van der Waals surface area (Å²) in [6.07, 6.45) is 11.4. The highest BCUT2D eigenvalue weighted by molar-refractivity contribution is 5.78. The lowest BCUT2D eigenvalue weighted by Crippen LogP contribution is -2.43. The number of nitrogens with zero attached hydrogens (tertiary/aromatic N) is 2. The molecule has 22 heavy (non-hydrogen) atoms. The quantitative estimate of drug-likeness (QED) is 0.643. The third kappa shape index (κ3) is 4.86. The van der Waals surface area contributed by atoms with Crippen molar-refractivity contribution in [3.05, 3.63) is 18.7 Å². The third-order valence-corrected chi connectivity index (χ3v) is 4.25. The molecule has 0 unspecified atom stereocenters. The number of methoxy groups -OCH3 is 1. The molecule has 0 saturated heterocycles. The molecule has 2 rings (SSSR count). The Bertz CT molecular complexity index is 473. The molecule has 0 aromatic carbocycles. The van der Waals surface area contributed by atoms with Crippen molar-refractivity contribution in [2.45, 2.75) is 57.5 Å². The molecule has 1 N–H and O–H groups in total. The van der Waals surface area contributed by atoms with E-state index in [0.29, 0.717) is 6.42 Å². The lowest BCUT2D eigenvalue weighted by atomic mass is 9.94. The molecule has 0 radical (unpaired) electrons. The molecule has 6 heteroatoms. The molecule has 0 spiro atoms. The van der Waals surface area contributed by atoms with Gasteiger partial charge in [0.05, 0.1) is 19.4 Å². The number of nitrogens with one attached hydrogen (secondary N) is 1. The Morgan fingerprint density at radius 2 is 2.14 bits per heavy atom. The minimum absolute atomic E-state index is 0.0147. The number of aryl methyl sites for hydroxylation is 1. The van der Waals surface area contributed by atoms with E-state index in [1.54, 1.807) is 12.5 Å². The SMILES string of the molecule is COC(=O)[C@H]1CCCCC[C@@H]1NC(=O)CCCn1ccnc1. The highest BCUT2D eigenvalue weighted by atomic mass is 16.5. The van der Waals surface area contributed by atoms with Crippen LogP contribution in [0.25, 0.3) is 0 Å². The van der Waals surface area contributed by atoms with E-state index < -0.39 is 0 Å². The monoisotopic (exact) mass is 307 g/mol. The Labute approximate surface area is 131 Å². The normalized spacial score (nSPS) is 21.9. The molecule has 1 fully saturated rings. The van der Waals surface area contributed by atoms with Gasteiger partial charge in [-0.15, -0.1) is 0 Å². The lowest BCUT2D eigenvalue weighted by Gasteiger charge is -2.24. The molecular weight excluding hydrogens is 282 g/mol. The highest BCUT2D eigenvalue weighted by Crippen LogP contribution is 2.24. The van der Waals surface area contributed by atoms with E-state index >= 15 is 0 Å². The number of hydrogen-bond donors (Lipinski definition) is 1. The largest absolute Gasteiger partial charge is 0.469 e. The van der Waals surface area contributed by atoms with Crippen molar-refractivity contribution in [3.8, 4) is 0 Å². The molecule has 122 valence electrons.